The number of ether oxygens (including phenoxy) is 1. The number of aromatic nitrogens is 1. The zero-order valence-corrected chi connectivity index (χ0v) is 12.0. The van der Waals surface area contributed by atoms with E-state index in [9.17, 15) is 9.59 Å². The maximum Gasteiger partial charge on any atom is 0.325 e. The maximum atomic E-state index is 11.7. The van der Waals surface area contributed by atoms with Gasteiger partial charge in [0.05, 0.1) is 12.6 Å². The monoisotopic (exact) mass is 290 g/mol. The molecule has 2 aromatic rings. The third kappa shape index (κ3) is 3.34. The van der Waals surface area contributed by atoms with E-state index in [-0.39, 0.29) is 12.3 Å². The number of carboxylic acids is 1. The molecule has 0 saturated carbocycles. The van der Waals surface area contributed by atoms with Crippen LogP contribution in [0.1, 0.15) is 13.3 Å². The van der Waals surface area contributed by atoms with Crippen LogP contribution in [-0.4, -0.2) is 34.7 Å². The van der Waals surface area contributed by atoms with Crippen LogP contribution in [0.5, 0.6) is 5.75 Å². The Morgan fingerprint density at radius 2 is 2.14 bits per heavy atom. The molecule has 6 nitrogen and oxygen atoms in total. The molecular weight excluding hydrogens is 272 g/mol. The van der Waals surface area contributed by atoms with E-state index < -0.39 is 12.0 Å². The summed E-state index contributed by atoms with van der Waals surface area (Å²) in [7, 11) is 1.62. The van der Waals surface area contributed by atoms with E-state index in [2.05, 4.69) is 5.32 Å². The number of carboxylic acid groups (broad SMARTS) is 1. The molecule has 0 spiro atoms. The number of fused-ring (bicyclic) bond motifs is 1. The van der Waals surface area contributed by atoms with Crippen LogP contribution < -0.4 is 10.1 Å². The van der Waals surface area contributed by atoms with Gasteiger partial charge in [0.15, 0.2) is 0 Å². The van der Waals surface area contributed by atoms with E-state index in [0.29, 0.717) is 6.54 Å². The summed E-state index contributed by atoms with van der Waals surface area (Å²) in [6.45, 7) is 1.92. The molecule has 1 aromatic heterocycles. The molecule has 0 bridgehead atoms. The van der Waals surface area contributed by atoms with Crippen LogP contribution in [0.15, 0.2) is 30.5 Å². The molecule has 1 aromatic carbocycles. The average Bonchev–Trinajstić information content (AvgIpc) is 2.88. The number of aliphatic carboxylic acids is 1. The van der Waals surface area contributed by atoms with Gasteiger partial charge < -0.3 is 19.7 Å². The lowest BCUT2D eigenvalue weighted by atomic mass is 10.2. The van der Waals surface area contributed by atoms with Crippen molar-refractivity contribution in [2.75, 3.05) is 7.11 Å². The second kappa shape index (κ2) is 6.30. The average molecular weight is 290 g/mol. The van der Waals surface area contributed by atoms with Gasteiger partial charge in [-0.1, -0.05) is 6.07 Å². The summed E-state index contributed by atoms with van der Waals surface area (Å²) in [5, 5.41) is 12.2. The van der Waals surface area contributed by atoms with Crippen molar-refractivity contribution in [3.8, 4) is 5.75 Å². The number of nitrogens with zero attached hydrogens (tertiary/aromatic N) is 1. The van der Waals surface area contributed by atoms with Gasteiger partial charge in [0, 0.05) is 24.5 Å². The number of carbonyl (C=O) groups excluding carboxylic acids is 1. The summed E-state index contributed by atoms with van der Waals surface area (Å²) in [5.41, 5.74) is 0.980. The fraction of sp³-hybridized carbons (Fsp3) is 0.333. The minimum Gasteiger partial charge on any atom is -0.496 e. The number of aryl methyl sites for hydroxylation is 1. The first-order chi connectivity index (χ1) is 10.0. The molecular formula is C15H18N2O4. The Labute approximate surface area is 122 Å². The number of benzene rings is 1. The lowest BCUT2D eigenvalue weighted by molar-refractivity contribution is -0.141. The number of amides is 1. The first-order valence-corrected chi connectivity index (χ1v) is 6.67. The Hall–Kier alpha value is -2.50. The zero-order valence-electron chi connectivity index (χ0n) is 12.0. The molecule has 0 aliphatic rings. The fourth-order valence-corrected chi connectivity index (χ4v) is 2.17. The third-order valence-electron chi connectivity index (χ3n) is 3.32. The van der Waals surface area contributed by atoms with E-state index >= 15 is 0 Å². The third-order valence-corrected chi connectivity index (χ3v) is 3.32. The van der Waals surface area contributed by atoms with Crippen molar-refractivity contribution < 1.29 is 19.4 Å². The number of methoxy groups -OCH3 is 1. The molecule has 112 valence electrons. The van der Waals surface area contributed by atoms with Gasteiger partial charge in [-0.25, -0.2) is 0 Å². The van der Waals surface area contributed by atoms with Gasteiger partial charge in [-0.15, -0.1) is 0 Å². The number of nitrogens with one attached hydrogen (secondary N) is 1. The van der Waals surface area contributed by atoms with E-state index in [4.69, 9.17) is 9.84 Å². The van der Waals surface area contributed by atoms with E-state index in [1.807, 2.05) is 35.0 Å². The number of hydrogen-bond acceptors (Lipinski definition) is 3. The largest absolute Gasteiger partial charge is 0.496 e. The van der Waals surface area contributed by atoms with Crippen LogP contribution in [0.3, 0.4) is 0 Å². The van der Waals surface area contributed by atoms with Gasteiger partial charge in [0.25, 0.3) is 0 Å². The number of carbonyl (C=O) groups is 2. The highest BCUT2D eigenvalue weighted by atomic mass is 16.5. The number of hydrogen-bond donors (Lipinski definition) is 2. The van der Waals surface area contributed by atoms with Crippen LogP contribution >= 0.6 is 0 Å². The van der Waals surface area contributed by atoms with Gasteiger partial charge >= 0.3 is 5.97 Å². The maximum absolute atomic E-state index is 11.7. The highest BCUT2D eigenvalue weighted by Crippen LogP contribution is 2.26. The van der Waals surface area contributed by atoms with Crippen LogP contribution in [0.2, 0.25) is 0 Å². The molecule has 1 unspecified atom stereocenters. The molecule has 1 amide bonds. The smallest absolute Gasteiger partial charge is 0.325 e. The molecule has 2 N–H and O–H groups in total. The van der Waals surface area contributed by atoms with Crippen molar-refractivity contribution >= 4 is 22.8 Å². The second-order valence-electron chi connectivity index (χ2n) is 4.78. The Morgan fingerprint density at radius 3 is 2.81 bits per heavy atom. The lowest BCUT2D eigenvalue weighted by Gasteiger charge is -2.10. The summed E-state index contributed by atoms with van der Waals surface area (Å²) in [4.78, 5) is 22.4. The first-order valence-electron chi connectivity index (χ1n) is 6.67. The highest BCUT2D eigenvalue weighted by Gasteiger charge is 2.14. The molecule has 6 heteroatoms. The molecule has 0 radical (unpaired) electrons. The van der Waals surface area contributed by atoms with Gasteiger partial charge in [-0.2, -0.15) is 0 Å². The van der Waals surface area contributed by atoms with Crippen molar-refractivity contribution in [1.82, 2.24) is 9.88 Å². The topological polar surface area (TPSA) is 80.6 Å². The minimum atomic E-state index is -1.04. The summed E-state index contributed by atoms with van der Waals surface area (Å²) in [5.74, 6) is -0.538. The Morgan fingerprint density at radius 1 is 1.38 bits per heavy atom. The van der Waals surface area contributed by atoms with Crippen LogP contribution in [0.25, 0.3) is 10.9 Å². The Bertz CT molecular complexity index is 663. The van der Waals surface area contributed by atoms with E-state index in [1.165, 1.54) is 6.92 Å². The van der Waals surface area contributed by atoms with Crippen LogP contribution in [0.4, 0.5) is 0 Å². The van der Waals surface area contributed by atoms with Gasteiger partial charge in [-0.05, 0) is 25.1 Å². The standard InChI is InChI=1S/C15H18N2O4/c1-10(15(19)20)16-14(18)7-9-17-8-6-11-12(17)4-3-5-13(11)21-2/h3-6,8,10H,7,9H2,1-2H3,(H,16,18)(H,19,20). The lowest BCUT2D eigenvalue weighted by Crippen LogP contribution is -2.38. The Kier molecular flexibility index (Phi) is 4.47. The SMILES string of the molecule is COc1cccc2c1ccn2CCC(=O)NC(C)C(=O)O. The molecule has 0 aliphatic heterocycles. The van der Waals surface area contributed by atoms with Crippen molar-refractivity contribution in [3.05, 3.63) is 30.5 Å². The Balaban J connectivity index is 2.04. The highest BCUT2D eigenvalue weighted by molar-refractivity contribution is 5.87. The van der Waals surface area contributed by atoms with E-state index in [0.717, 1.165) is 16.7 Å². The van der Waals surface area contributed by atoms with E-state index in [1.54, 1.807) is 7.11 Å². The van der Waals surface area contributed by atoms with Crippen molar-refractivity contribution in [1.29, 1.82) is 0 Å². The zero-order chi connectivity index (χ0) is 15.4. The minimum absolute atomic E-state index is 0.221. The molecule has 1 heterocycles. The normalized spacial score (nSPS) is 12.1. The number of rotatable bonds is 6. The van der Waals surface area contributed by atoms with Gasteiger partial charge in [0.2, 0.25) is 5.91 Å². The predicted octanol–water partition coefficient (Wildman–Crippen LogP) is 1.63. The summed E-state index contributed by atoms with van der Waals surface area (Å²) >= 11 is 0. The predicted molar refractivity (Wildman–Crippen MR) is 78.3 cm³/mol. The molecule has 0 saturated heterocycles. The van der Waals surface area contributed by atoms with Crippen LogP contribution in [0, 0.1) is 0 Å². The summed E-state index contributed by atoms with van der Waals surface area (Å²) in [6.07, 6.45) is 2.11. The van der Waals surface area contributed by atoms with Crippen molar-refractivity contribution in [2.24, 2.45) is 0 Å². The summed E-state index contributed by atoms with van der Waals surface area (Å²) in [6, 6.07) is 6.79. The fourth-order valence-electron chi connectivity index (χ4n) is 2.17. The summed E-state index contributed by atoms with van der Waals surface area (Å²) < 4.78 is 7.23. The van der Waals surface area contributed by atoms with Gasteiger partial charge in [-0.3, -0.25) is 9.59 Å². The quantitative estimate of drug-likeness (QED) is 0.847. The van der Waals surface area contributed by atoms with Crippen LogP contribution in [-0.2, 0) is 16.1 Å². The molecule has 0 aliphatic carbocycles. The molecule has 1 atom stereocenters. The first kappa shape index (κ1) is 14.9. The molecule has 2 rings (SSSR count). The van der Waals surface area contributed by atoms with Crippen molar-refractivity contribution in [2.45, 2.75) is 25.9 Å². The second-order valence-corrected chi connectivity index (χ2v) is 4.78. The van der Waals surface area contributed by atoms with Crippen molar-refractivity contribution in [3.63, 3.8) is 0 Å². The molecule has 0 fully saturated rings. The molecule has 21 heavy (non-hydrogen) atoms. The van der Waals surface area contributed by atoms with Gasteiger partial charge in [0.1, 0.15) is 11.8 Å².